The largest absolute Gasteiger partial charge is 0.462 e. The lowest BCUT2D eigenvalue weighted by Crippen LogP contribution is -2.31. The molecule has 0 spiro atoms. The van der Waals surface area contributed by atoms with Gasteiger partial charge in [-0.2, -0.15) is 17.5 Å². The molecule has 24 heavy (non-hydrogen) atoms. The number of carbonyl (C=O) groups is 1. The Kier molecular flexibility index (Phi) is 5.21. The van der Waals surface area contributed by atoms with E-state index >= 15 is 0 Å². The number of alkyl halides is 3. The van der Waals surface area contributed by atoms with Crippen LogP contribution in [0.3, 0.4) is 0 Å². The zero-order chi connectivity index (χ0) is 18.1. The Hall–Kier alpha value is -1.65. The minimum Gasteiger partial charge on any atom is -0.462 e. The molecule has 1 unspecified atom stereocenters. The number of rotatable bonds is 6. The van der Waals surface area contributed by atoms with Gasteiger partial charge >= 0.3 is 12.1 Å². The monoisotopic (exact) mass is 367 g/mol. The number of likely N-dealkylation sites (N-methyl/N-ethyl adjacent to an activating group) is 1. The van der Waals surface area contributed by atoms with Gasteiger partial charge in [-0.1, -0.05) is 0 Å². The highest BCUT2D eigenvalue weighted by Gasteiger charge is 2.35. The summed E-state index contributed by atoms with van der Waals surface area (Å²) in [6.45, 7) is 1.87. The van der Waals surface area contributed by atoms with E-state index < -0.39 is 38.2 Å². The number of hydrogen-bond acceptors (Lipinski definition) is 5. The van der Waals surface area contributed by atoms with Crippen LogP contribution in [0.5, 0.6) is 0 Å². The van der Waals surface area contributed by atoms with Gasteiger partial charge in [0, 0.05) is 13.6 Å². The van der Waals surface area contributed by atoms with E-state index in [1.54, 1.807) is 0 Å². The molecule has 10 heteroatoms. The topological polar surface area (TPSA) is 76.2 Å². The molecule has 0 N–H and O–H groups in total. The zero-order valence-electron chi connectivity index (χ0n) is 13.0. The van der Waals surface area contributed by atoms with Crippen molar-refractivity contribution in [3.05, 3.63) is 29.3 Å². The third kappa shape index (κ3) is 4.25. The van der Waals surface area contributed by atoms with E-state index in [-0.39, 0.29) is 19.3 Å². The molecule has 0 aromatic heterocycles. The SMILES string of the molecule is CCOC(=O)c1cc(C(F)(F)F)cc(S(=O)(=O)N(C)CC2CO2)c1. The smallest absolute Gasteiger partial charge is 0.416 e. The molecule has 1 aliphatic rings. The van der Waals surface area contributed by atoms with Crippen LogP contribution in [-0.2, 0) is 25.7 Å². The summed E-state index contributed by atoms with van der Waals surface area (Å²) >= 11 is 0. The number of epoxide rings is 1. The van der Waals surface area contributed by atoms with Gasteiger partial charge in [0.15, 0.2) is 0 Å². The molecule has 2 rings (SSSR count). The average molecular weight is 367 g/mol. The Bertz CT molecular complexity index is 728. The first kappa shape index (κ1) is 18.7. The maximum absolute atomic E-state index is 13.0. The van der Waals surface area contributed by atoms with E-state index in [9.17, 15) is 26.4 Å². The lowest BCUT2D eigenvalue weighted by molar-refractivity contribution is -0.137. The van der Waals surface area contributed by atoms with Gasteiger partial charge in [0.1, 0.15) is 0 Å². The number of halogens is 3. The Morgan fingerprint density at radius 2 is 2.00 bits per heavy atom. The number of hydrogen-bond donors (Lipinski definition) is 0. The zero-order valence-corrected chi connectivity index (χ0v) is 13.8. The summed E-state index contributed by atoms with van der Waals surface area (Å²) in [6.07, 6.45) is -5.06. The fourth-order valence-corrected chi connectivity index (χ4v) is 3.26. The molecule has 0 radical (unpaired) electrons. The van der Waals surface area contributed by atoms with Crippen LogP contribution in [0.25, 0.3) is 0 Å². The fourth-order valence-electron chi connectivity index (χ4n) is 1.98. The molecule has 134 valence electrons. The molecular formula is C14H16F3NO5S. The second-order valence-electron chi connectivity index (χ2n) is 5.21. The van der Waals surface area contributed by atoms with Gasteiger partial charge < -0.3 is 9.47 Å². The summed E-state index contributed by atoms with van der Waals surface area (Å²) in [6, 6.07) is 1.95. The van der Waals surface area contributed by atoms with Crippen LogP contribution in [-0.4, -0.2) is 51.6 Å². The van der Waals surface area contributed by atoms with E-state index in [0.29, 0.717) is 18.7 Å². The summed E-state index contributed by atoms with van der Waals surface area (Å²) in [5.41, 5.74) is -1.70. The Labute approximate surface area is 137 Å². The summed E-state index contributed by atoms with van der Waals surface area (Å²) in [5, 5.41) is 0. The molecule has 1 aromatic carbocycles. The normalized spacial score (nSPS) is 17.8. The molecule has 0 amide bonds. The van der Waals surface area contributed by atoms with E-state index in [2.05, 4.69) is 4.74 Å². The number of esters is 1. The first-order valence-electron chi connectivity index (χ1n) is 7.03. The number of benzene rings is 1. The summed E-state index contributed by atoms with van der Waals surface area (Å²) < 4.78 is 74.5. The van der Waals surface area contributed by atoms with Gasteiger partial charge in [-0.25, -0.2) is 13.2 Å². The van der Waals surface area contributed by atoms with Crippen LogP contribution in [0.2, 0.25) is 0 Å². The van der Waals surface area contributed by atoms with Crippen molar-refractivity contribution in [2.45, 2.75) is 24.1 Å². The van der Waals surface area contributed by atoms with Gasteiger partial charge in [0.25, 0.3) is 0 Å². The van der Waals surface area contributed by atoms with Gasteiger partial charge in [0.2, 0.25) is 10.0 Å². The average Bonchev–Trinajstić information content (AvgIpc) is 3.30. The molecule has 0 saturated carbocycles. The number of carbonyl (C=O) groups excluding carboxylic acids is 1. The van der Waals surface area contributed by atoms with Crippen LogP contribution in [0.1, 0.15) is 22.8 Å². The summed E-state index contributed by atoms with van der Waals surface area (Å²) in [7, 11) is -2.96. The lowest BCUT2D eigenvalue weighted by Gasteiger charge is -2.18. The summed E-state index contributed by atoms with van der Waals surface area (Å²) in [5.74, 6) is -1.02. The Morgan fingerprint density at radius 3 is 2.50 bits per heavy atom. The molecule has 1 saturated heterocycles. The highest BCUT2D eigenvalue weighted by molar-refractivity contribution is 7.89. The van der Waals surface area contributed by atoms with Crippen LogP contribution >= 0.6 is 0 Å². The molecular weight excluding hydrogens is 351 g/mol. The predicted molar refractivity (Wildman–Crippen MR) is 77.0 cm³/mol. The number of sulfonamides is 1. The first-order valence-corrected chi connectivity index (χ1v) is 8.47. The van der Waals surface area contributed by atoms with Crippen molar-refractivity contribution in [1.82, 2.24) is 4.31 Å². The van der Waals surface area contributed by atoms with Crippen molar-refractivity contribution in [2.24, 2.45) is 0 Å². The van der Waals surface area contributed by atoms with E-state index in [1.807, 2.05) is 0 Å². The van der Waals surface area contributed by atoms with Crippen LogP contribution < -0.4 is 0 Å². The summed E-state index contributed by atoms with van der Waals surface area (Å²) in [4.78, 5) is 11.1. The predicted octanol–water partition coefficient (Wildman–Crippen LogP) is 1.90. The van der Waals surface area contributed by atoms with Gasteiger partial charge in [-0.15, -0.1) is 0 Å². The van der Waals surface area contributed by atoms with Crippen LogP contribution in [0.15, 0.2) is 23.1 Å². The van der Waals surface area contributed by atoms with Crippen molar-refractivity contribution in [2.75, 3.05) is 26.8 Å². The third-order valence-corrected chi connectivity index (χ3v) is 5.12. The second kappa shape index (κ2) is 6.69. The minimum absolute atomic E-state index is 0.0211. The Morgan fingerprint density at radius 1 is 1.38 bits per heavy atom. The van der Waals surface area contributed by atoms with Gasteiger partial charge in [-0.05, 0) is 25.1 Å². The van der Waals surface area contributed by atoms with Gasteiger partial charge in [-0.3, -0.25) is 0 Å². The molecule has 1 aliphatic heterocycles. The third-order valence-electron chi connectivity index (χ3n) is 3.32. The standard InChI is InChI=1S/C14H16F3NO5S/c1-3-22-13(19)9-4-10(14(15,16)17)6-12(5-9)24(20,21)18(2)7-11-8-23-11/h4-6,11H,3,7-8H2,1-2H3. The van der Waals surface area contributed by atoms with Crippen molar-refractivity contribution in [3.8, 4) is 0 Å². The molecule has 1 heterocycles. The maximum Gasteiger partial charge on any atom is 0.416 e. The number of ether oxygens (including phenoxy) is 2. The molecule has 1 fully saturated rings. The van der Waals surface area contributed by atoms with Crippen molar-refractivity contribution in [3.63, 3.8) is 0 Å². The minimum atomic E-state index is -4.80. The highest BCUT2D eigenvalue weighted by Crippen LogP contribution is 2.32. The lowest BCUT2D eigenvalue weighted by atomic mass is 10.1. The van der Waals surface area contributed by atoms with Crippen molar-refractivity contribution in [1.29, 1.82) is 0 Å². The van der Waals surface area contributed by atoms with Crippen molar-refractivity contribution >= 4 is 16.0 Å². The molecule has 0 aliphatic carbocycles. The molecule has 6 nitrogen and oxygen atoms in total. The Balaban J connectivity index is 2.47. The van der Waals surface area contributed by atoms with E-state index in [1.165, 1.54) is 14.0 Å². The first-order chi connectivity index (χ1) is 11.1. The van der Waals surface area contributed by atoms with Crippen LogP contribution in [0, 0.1) is 0 Å². The van der Waals surface area contributed by atoms with Gasteiger partial charge in [0.05, 0.1) is 35.3 Å². The highest BCUT2D eigenvalue weighted by atomic mass is 32.2. The van der Waals surface area contributed by atoms with Crippen molar-refractivity contribution < 1.29 is 35.9 Å². The second-order valence-corrected chi connectivity index (χ2v) is 7.25. The quantitative estimate of drug-likeness (QED) is 0.567. The van der Waals surface area contributed by atoms with E-state index in [4.69, 9.17) is 4.74 Å². The molecule has 1 aromatic rings. The molecule has 0 bridgehead atoms. The maximum atomic E-state index is 13.0. The number of nitrogens with zero attached hydrogens (tertiary/aromatic N) is 1. The van der Waals surface area contributed by atoms with E-state index in [0.717, 1.165) is 10.4 Å². The molecule has 1 atom stereocenters. The van der Waals surface area contributed by atoms with Crippen LogP contribution in [0.4, 0.5) is 13.2 Å². The fraction of sp³-hybridized carbons (Fsp3) is 0.500.